The van der Waals surface area contributed by atoms with Crippen molar-refractivity contribution in [2.24, 2.45) is 0 Å². The molecule has 0 rings (SSSR count). The molecule has 0 aromatic rings. The third kappa shape index (κ3) is 18.4. The van der Waals surface area contributed by atoms with Crippen LogP contribution >= 0.6 is 0 Å². The molecule has 0 aliphatic carbocycles. The lowest BCUT2D eigenvalue weighted by molar-refractivity contribution is -0.132. The Morgan fingerprint density at radius 3 is 1.55 bits per heavy atom. The molecule has 0 saturated carbocycles. The van der Waals surface area contributed by atoms with Crippen LogP contribution in [0.1, 0.15) is 143 Å². The predicted octanol–water partition coefficient (Wildman–Crippen LogP) is 8.77. The molecule has 0 amide bonds. The topological polar surface area (TPSA) is 40.5 Å². The number of carbonyl (C=O) groups is 1. The summed E-state index contributed by atoms with van der Waals surface area (Å²) in [5.41, 5.74) is 0.363. The fourth-order valence-electron chi connectivity index (χ4n) is 4.41. The molecule has 0 fully saturated rings. The average Bonchev–Trinajstić information content (AvgIpc) is 2.76. The number of nitrogens with zero attached hydrogens (tertiary/aromatic N) is 1. The summed E-state index contributed by atoms with van der Waals surface area (Å²) in [6, 6.07) is 0.610. The first-order valence-electron chi connectivity index (χ1n) is 13.7. The zero-order chi connectivity index (χ0) is 23.2. The van der Waals surface area contributed by atoms with Crippen LogP contribution < -0.4 is 0 Å². The van der Waals surface area contributed by atoms with E-state index in [9.17, 15) is 4.79 Å². The molecule has 0 aromatic heterocycles. The number of aliphatic carboxylic acids is 1. The van der Waals surface area contributed by atoms with Crippen molar-refractivity contribution >= 4 is 5.97 Å². The Morgan fingerprint density at radius 2 is 1.10 bits per heavy atom. The van der Waals surface area contributed by atoms with Crippen LogP contribution in [0.5, 0.6) is 0 Å². The Hall–Kier alpha value is -0.830. The van der Waals surface area contributed by atoms with Gasteiger partial charge in [-0.15, -0.1) is 0 Å². The van der Waals surface area contributed by atoms with Crippen molar-refractivity contribution in [1.29, 1.82) is 0 Å². The van der Waals surface area contributed by atoms with E-state index in [1.165, 1.54) is 116 Å². The van der Waals surface area contributed by atoms with Gasteiger partial charge in [-0.3, -0.25) is 0 Å². The normalized spacial score (nSPS) is 12.4. The molecule has 1 atom stereocenters. The second-order valence-electron chi connectivity index (χ2n) is 9.52. The van der Waals surface area contributed by atoms with E-state index in [-0.39, 0.29) is 0 Å². The highest BCUT2D eigenvalue weighted by Crippen LogP contribution is 2.20. The molecule has 0 aromatic carbocycles. The lowest BCUT2D eigenvalue weighted by Crippen LogP contribution is -2.37. The first kappa shape index (κ1) is 30.2. The molecule has 1 N–H and O–H groups in total. The SMILES string of the molecule is C=C(CCCC(CCCCCCCCCCCCC)N(CCCC)CCCC)C(=O)O. The molecule has 3 heteroatoms. The molecule has 3 nitrogen and oxygen atoms in total. The minimum atomic E-state index is -0.837. The van der Waals surface area contributed by atoms with Crippen LogP contribution in [0.2, 0.25) is 0 Å². The first-order valence-corrected chi connectivity index (χ1v) is 13.7. The number of carboxylic acid groups (broad SMARTS) is 1. The number of carboxylic acids is 1. The smallest absolute Gasteiger partial charge is 0.330 e. The summed E-state index contributed by atoms with van der Waals surface area (Å²) in [6.45, 7) is 12.9. The van der Waals surface area contributed by atoms with E-state index in [4.69, 9.17) is 5.11 Å². The van der Waals surface area contributed by atoms with Gasteiger partial charge in [0, 0.05) is 11.6 Å². The maximum atomic E-state index is 11.1. The summed E-state index contributed by atoms with van der Waals surface area (Å²) in [6.07, 6.45) is 24.2. The quantitative estimate of drug-likeness (QED) is 0.121. The number of hydrogen-bond donors (Lipinski definition) is 1. The second-order valence-corrected chi connectivity index (χ2v) is 9.52. The van der Waals surface area contributed by atoms with Crippen LogP contribution in [0.3, 0.4) is 0 Å². The molecule has 0 aliphatic heterocycles. The number of unbranched alkanes of at least 4 members (excludes halogenated alkanes) is 12. The van der Waals surface area contributed by atoms with E-state index < -0.39 is 5.97 Å². The molecule has 184 valence electrons. The molecule has 0 saturated heterocycles. The van der Waals surface area contributed by atoms with Crippen LogP contribution in [0.4, 0.5) is 0 Å². The lowest BCUT2D eigenvalue weighted by Gasteiger charge is -2.32. The largest absolute Gasteiger partial charge is 0.478 e. The molecule has 31 heavy (non-hydrogen) atoms. The highest BCUT2D eigenvalue weighted by Gasteiger charge is 2.18. The van der Waals surface area contributed by atoms with E-state index in [2.05, 4.69) is 32.3 Å². The van der Waals surface area contributed by atoms with Gasteiger partial charge >= 0.3 is 5.97 Å². The van der Waals surface area contributed by atoms with Crippen molar-refractivity contribution in [3.63, 3.8) is 0 Å². The van der Waals surface area contributed by atoms with Crippen LogP contribution in [0, 0.1) is 0 Å². The van der Waals surface area contributed by atoms with Gasteiger partial charge in [-0.25, -0.2) is 4.79 Å². The third-order valence-electron chi connectivity index (χ3n) is 6.57. The highest BCUT2D eigenvalue weighted by molar-refractivity contribution is 5.85. The van der Waals surface area contributed by atoms with Crippen molar-refractivity contribution in [3.8, 4) is 0 Å². The summed E-state index contributed by atoms with van der Waals surface area (Å²) < 4.78 is 0. The maximum Gasteiger partial charge on any atom is 0.330 e. The summed E-state index contributed by atoms with van der Waals surface area (Å²) in [4.78, 5) is 13.8. The second kappa shape index (κ2) is 22.4. The van der Waals surface area contributed by atoms with Crippen LogP contribution in [0.25, 0.3) is 0 Å². The van der Waals surface area contributed by atoms with Gasteiger partial charge in [-0.05, 0) is 51.6 Å². The van der Waals surface area contributed by atoms with Gasteiger partial charge in [0.1, 0.15) is 0 Å². The summed E-state index contributed by atoms with van der Waals surface area (Å²) in [5, 5.41) is 9.09. The van der Waals surface area contributed by atoms with Gasteiger partial charge in [-0.2, -0.15) is 0 Å². The van der Waals surface area contributed by atoms with Crippen molar-refractivity contribution < 1.29 is 9.90 Å². The molecule has 0 radical (unpaired) electrons. The maximum absolute atomic E-state index is 11.1. The average molecular weight is 438 g/mol. The Bertz CT molecular complexity index is 413. The van der Waals surface area contributed by atoms with E-state index in [0.717, 1.165) is 12.8 Å². The number of rotatable bonds is 24. The summed E-state index contributed by atoms with van der Waals surface area (Å²) in [5.74, 6) is -0.837. The van der Waals surface area contributed by atoms with Crippen molar-refractivity contribution in [2.75, 3.05) is 13.1 Å². The van der Waals surface area contributed by atoms with Crippen LogP contribution in [0.15, 0.2) is 12.2 Å². The van der Waals surface area contributed by atoms with Crippen molar-refractivity contribution in [2.45, 2.75) is 149 Å². The summed E-state index contributed by atoms with van der Waals surface area (Å²) >= 11 is 0. The fourth-order valence-corrected chi connectivity index (χ4v) is 4.41. The molecule has 0 bridgehead atoms. The molecule has 0 heterocycles. The lowest BCUT2D eigenvalue weighted by atomic mass is 9.97. The third-order valence-corrected chi connectivity index (χ3v) is 6.57. The van der Waals surface area contributed by atoms with Crippen molar-refractivity contribution in [3.05, 3.63) is 12.2 Å². The van der Waals surface area contributed by atoms with Crippen molar-refractivity contribution in [1.82, 2.24) is 4.90 Å². The monoisotopic (exact) mass is 437 g/mol. The first-order chi connectivity index (χ1) is 15.1. The number of hydrogen-bond acceptors (Lipinski definition) is 2. The van der Waals surface area contributed by atoms with Gasteiger partial charge in [0.25, 0.3) is 0 Å². The van der Waals surface area contributed by atoms with Gasteiger partial charge in [0.2, 0.25) is 0 Å². The minimum absolute atomic E-state index is 0.363. The van der Waals surface area contributed by atoms with Gasteiger partial charge in [-0.1, -0.05) is 111 Å². The van der Waals surface area contributed by atoms with Gasteiger partial charge in [0.05, 0.1) is 0 Å². The van der Waals surface area contributed by atoms with E-state index in [1.54, 1.807) is 0 Å². The van der Waals surface area contributed by atoms with Gasteiger partial charge < -0.3 is 10.0 Å². The minimum Gasteiger partial charge on any atom is -0.478 e. The highest BCUT2D eigenvalue weighted by atomic mass is 16.4. The van der Waals surface area contributed by atoms with Crippen LogP contribution in [-0.4, -0.2) is 35.1 Å². The van der Waals surface area contributed by atoms with Gasteiger partial charge in [0.15, 0.2) is 0 Å². The standard InChI is InChI=1S/C28H55NO2/c1-5-8-11-12-13-14-15-16-17-18-19-22-27(23-20-21-26(4)28(30)31)29(24-9-6-2)25-10-7-3/h27H,4-25H2,1-3H3,(H,30,31). The molecule has 0 spiro atoms. The van der Waals surface area contributed by atoms with E-state index >= 15 is 0 Å². The fraction of sp³-hybridized carbons (Fsp3) is 0.893. The Kier molecular flexibility index (Phi) is 21.8. The predicted molar refractivity (Wildman–Crippen MR) is 137 cm³/mol. The Morgan fingerprint density at radius 1 is 0.677 bits per heavy atom. The zero-order valence-electron chi connectivity index (χ0n) is 21.4. The van der Waals surface area contributed by atoms with Crippen LogP contribution in [-0.2, 0) is 4.79 Å². The molecular weight excluding hydrogens is 382 g/mol. The molecular formula is C28H55NO2. The Labute approximate surface area is 195 Å². The molecule has 1 unspecified atom stereocenters. The van der Waals surface area contributed by atoms with E-state index in [0.29, 0.717) is 18.0 Å². The Balaban J connectivity index is 4.29. The van der Waals surface area contributed by atoms with E-state index in [1.807, 2.05) is 0 Å². The summed E-state index contributed by atoms with van der Waals surface area (Å²) in [7, 11) is 0. The zero-order valence-corrected chi connectivity index (χ0v) is 21.4. The molecule has 0 aliphatic rings.